The largest absolute Gasteiger partial charge is 0.479 e. The summed E-state index contributed by atoms with van der Waals surface area (Å²) in [6, 6.07) is 7.23. The number of carbonyl (C=O) groups excluding carboxylic acids is 1. The maximum atomic E-state index is 13.3. The number of hydrogen-bond acceptors (Lipinski definition) is 32. The smallest absolute Gasteiger partial charge is 0.338 e. The summed E-state index contributed by atoms with van der Waals surface area (Å²) in [5.74, 6) is -2.22. The van der Waals surface area contributed by atoms with Gasteiger partial charge in [0.15, 0.2) is 49.9 Å². The molecule has 6 aliphatic heterocycles. The number of aliphatic hydroxyl groups is 17. The van der Waals surface area contributed by atoms with Crippen LogP contribution in [0.5, 0.6) is 0 Å². The second-order valence-corrected chi connectivity index (χ2v) is 22.6. The first-order valence-electron chi connectivity index (χ1n) is 28.4. The number of aliphatic carboxylic acids is 1. The highest BCUT2D eigenvalue weighted by atomic mass is 16.8. The molecule has 1 aromatic rings. The summed E-state index contributed by atoms with van der Waals surface area (Å²) in [6.07, 6.45) is -58.0. The Kier molecular flexibility index (Phi) is 26.1. The normalized spacial score (nSPS) is 43.2. The van der Waals surface area contributed by atoms with Gasteiger partial charge < -0.3 is 153 Å². The van der Waals surface area contributed by atoms with E-state index in [0.29, 0.717) is 12.3 Å². The first-order valence-corrected chi connectivity index (χ1v) is 28.4. The Morgan fingerprint density at radius 1 is 0.465 bits per heavy atom. The van der Waals surface area contributed by atoms with Crippen molar-refractivity contribution in [3.05, 3.63) is 35.9 Å². The van der Waals surface area contributed by atoms with Gasteiger partial charge in [0.05, 0.1) is 45.2 Å². The van der Waals surface area contributed by atoms with E-state index in [9.17, 15) is 102 Å². The van der Waals surface area contributed by atoms with Gasteiger partial charge in [-0.2, -0.15) is 0 Å². The van der Waals surface area contributed by atoms with Crippen LogP contribution in [0.4, 0.5) is 0 Å². The summed E-state index contributed by atoms with van der Waals surface area (Å²) < 4.78 is 76.7. The van der Waals surface area contributed by atoms with Gasteiger partial charge in [0.25, 0.3) is 0 Å². The number of ether oxygens (including phenoxy) is 13. The van der Waals surface area contributed by atoms with E-state index in [1.54, 1.807) is 6.07 Å². The van der Waals surface area contributed by atoms with Gasteiger partial charge in [-0.05, 0) is 30.4 Å². The molecule has 18 N–H and O–H groups in total. The number of aliphatic hydroxyl groups excluding tert-OH is 17. The monoisotopic (exact) mass is 1250 g/mol. The molecule has 6 aliphatic rings. The van der Waals surface area contributed by atoms with Crippen molar-refractivity contribution < 1.29 is 163 Å². The average Bonchev–Trinajstić information content (AvgIpc) is 1.39. The van der Waals surface area contributed by atoms with Crippen LogP contribution in [-0.4, -0.2) is 328 Å². The van der Waals surface area contributed by atoms with Crippen LogP contribution in [0.3, 0.4) is 0 Å². The van der Waals surface area contributed by atoms with Gasteiger partial charge in [-0.15, -0.1) is 0 Å². The van der Waals surface area contributed by atoms with Crippen LogP contribution in [0.1, 0.15) is 56.8 Å². The third-order valence-corrected chi connectivity index (χ3v) is 15.9. The molecule has 6 fully saturated rings. The fraction of sp³-hybridized carbons (Fsp3) is 0.849. The molecule has 0 spiro atoms. The van der Waals surface area contributed by atoms with E-state index in [1.807, 2.05) is 6.92 Å². The number of benzene rings is 1. The lowest BCUT2D eigenvalue weighted by atomic mass is 9.96. The molecule has 0 radical (unpaired) electrons. The van der Waals surface area contributed by atoms with Gasteiger partial charge in [0.2, 0.25) is 0 Å². The van der Waals surface area contributed by atoms with Crippen molar-refractivity contribution in [3.8, 4) is 0 Å². The van der Waals surface area contributed by atoms with E-state index >= 15 is 0 Å². The summed E-state index contributed by atoms with van der Waals surface area (Å²) in [4.78, 5) is 25.5. The molecule has 1 aromatic carbocycles. The zero-order chi connectivity index (χ0) is 63.0. The molecular formula is C53H84O33. The zero-order valence-electron chi connectivity index (χ0n) is 47.1. The van der Waals surface area contributed by atoms with Crippen molar-refractivity contribution in [2.45, 2.75) is 231 Å². The highest BCUT2D eigenvalue weighted by molar-refractivity contribution is 5.89. The van der Waals surface area contributed by atoms with Crippen molar-refractivity contribution >= 4 is 11.9 Å². The second kappa shape index (κ2) is 31.8. The number of carbonyl (C=O) groups is 2. The molecule has 0 bridgehead atoms. The minimum atomic E-state index is -2.28. The molecule has 86 heavy (non-hydrogen) atoms. The Morgan fingerprint density at radius 2 is 0.849 bits per heavy atom. The average molecular weight is 1250 g/mol. The highest BCUT2D eigenvalue weighted by Crippen LogP contribution is 2.40. The highest BCUT2D eigenvalue weighted by Gasteiger charge is 2.60. The Bertz CT molecular complexity index is 2210. The number of hydrogen-bond donors (Lipinski definition) is 18. The Labute approximate surface area is 492 Å². The number of carboxylic acids is 1. The van der Waals surface area contributed by atoms with Crippen LogP contribution in [0, 0.1) is 11.8 Å². The van der Waals surface area contributed by atoms with Crippen molar-refractivity contribution in [2.75, 3.05) is 39.6 Å². The Morgan fingerprint density at radius 3 is 1.26 bits per heavy atom. The predicted molar refractivity (Wildman–Crippen MR) is 276 cm³/mol. The molecule has 7 rings (SSSR count). The Balaban J connectivity index is 1.18. The van der Waals surface area contributed by atoms with Gasteiger partial charge in [-0.3, -0.25) is 0 Å². The molecule has 0 saturated carbocycles. The third-order valence-electron chi connectivity index (χ3n) is 15.9. The van der Waals surface area contributed by atoms with E-state index in [4.69, 9.17) is 61.6 Å². The molecule has 6 heterocycles. The van der Waals surface area contributed by atoms with Crippen molar-refractivity contribution in [1.29, 1.82) is 0 Å². The zero-order valence-corrected chi connectivity index (χ0v) is 47.1. The third kappa shape index (κ3) is 16.2. The molecule has 33 nitrogen and oxygen atoms in total. The summed E-state index contributed by atoms with van der Waals surface area (Å²) in [5, 5.41) is 196. The van der Waals surface area contributed by atoms with E-state index in [0.717, 1.165) is 19.3 Å². The molecule has 1 unspecified atom stereocenters. The second-order valence-electron chi connectivity index (χ2n) is 22.6. The van der Waals surface area contributed by atoms with E-state index < -0.39 is 229 Å². The van der Waals surface area contributed by atoms with Gasteiger partial charge in [-0.1, -0.05) is 58.2 Å². The van der Waals surface area contributed by atoms with Crippen LogP contribution in [-0.2, 0) is 66.4 Å². The first-order chi connectivity index (χ1) is 40.9. The van der Waals surface area contributed by atoms with E-state index in [-0.39, 0.29) is 18.1 Å². The van der Waals surface area contributed by atoms with Crippen LogP contribution in [0.25, 0.3) is 0 Å². The van der Waals surface area contributed by atoms with Gasteiger partial charge in [0.1, 0.15) is 134 Å². The molecular weight excluding hydrogens is 1160 g/mol. The number of carboxylic acid groups (broad SMARTS) is 1. The summed E-state index contributed by atoms with van der Waals surface area (Å²) >= 11 is 0. The first kappa shape index (κ1) is 70.5. The maximum absolute atomic E-state index is 13.3. The van der Waals surface area contributed by atoms with Crippen LogP contribution in [0.2, 0.25) is 0 Å². The lowest BCUT2D eigenvalue weighted by molar-refractivity contribution is -0.398. The van der Waals surface area contributed by atoms with Gasteiger partial charge in [0, 0.05) is 0 Å². The van der Waals surface area contributed by atoms with E-state index in [1.165, 1.54) is 24.3 Å². The fourth-order valence-electron chi connectivity index (χ4n) is 10.9. The van der Waals surface area contributed by atoms with Crippen molar-refractivity contribution in [1.82, 2.24) is 0 Å². The van der Waals surface area contributed by atoms with E-state index in [2.05, 4.69) is 13.8 Å². The summed E-state index contributed by atoms with van der Waals surface area (Å²) in [7, 11) is 0. The SMILES string of the molecule is CC(C)CCCC(C)CCO[C@@H]1O[C@H](C(=O)O)[C@@H](O)[C@H](O)[C@H]1O[C@@H]1O[C@H]([C@H](O)CO)[C@H](O)[C@H]1O[C@@H]1O[C@H]([C@H](O)CO)[C@H](O)[C@H]1O[C@@H]1O[C@H](CO)[C@@H](O)[C@H](O)[C@H]1O[C@@H]1O[C@H](CO)[C@@H](O)[C@H](O)[C@H]1O[C@@H]1O[C@H](CO)[C@@H](O)[C@H](O)[C@H]1OC(=O)c1ccccc1. The fourth-order valence-corrected chi connectivity index (χ4v) is 10.9. The summed E-state index contributed by atoms with van der Waals surface area (Å²) in [6.45, 7) is 0.805. The topological polar surface area (TPSA) is 518 Å². The van der Waals surface area contributed by atoms with Crippen LogP contribution >= 0.6 is 0 Å². The van der Waals surface area contributed by atoms with Gasteiger partial charge >= 0.3 is 11.9 Å². The molecule has 0 aliphatic carbocycles. The molecule has 494 valence electrons. The van der Waals surface area contributed by atoms with Crippen molar-refractivity contribution in [3.63, 3.8) is 0 Å². The van der Waals surface area contributed by atoms with Gasteiger partial charge in [-0.25, -0.2) is 9.59 Å². The molecule has 0 amide bonds. The Hall–Kier alpha value is -3.00. The molecule has 6 saturated heterocycles. The standard InChI is InChI=1S/C53H84O33/c1-19(2)8-7-9-20(3)12-13-74-48-40(34(68)33(67)39(81-48)46(71)72)82-52-45(36(70)38(79-52)23(60)15-55)86-53-44(35(69)37(80-53)22(59)14-54)85-51-43(32(66)29(63)26(18-58)77-51)84-50-42(31(65)28(62)25(17-57)76-50)83-49-41(30(64)27(61)24(16-56)75-49)78-47(73)21-10-5-4-6-11-21/h4-6,10-11,19-20,22-45,48-70H,7-9,12-18H2,1-3H3,(H,71,72)/t20?,22-,23-,24-,25-,26-,27-,28-,29-,30+,31+,32+,33+,34+,35+,36+,37-,38-,39+,40-,41-,42-,43-,44-,45-,48-,49+,50+,51+,52+,53+/m1/s1. The number of rotatable bonds is 28. The lowest BCUT2D eigenvalue weighted by Gasteiger charge is -2.49. The van der Waals surface area contributed by atoms with Crippen LogP contribution < -0.4 is 0 Å². The lowest BCUT2D eigenvalue weighted by Crippen LogP contribution is -2.67. The molecule has 0 aromatic heterocycles. The van der Waals surface area contributed by atoms with Crippen molar-refractivity contribution in [2.24, 2.45) is 11.8 Å². The molecule has 31 atom stereocenters. The number of esters is 1. The molecule has 33 heteroatoms. The maximum Gasteiger partial charge on any atom is 0.338 e. The summed E-state index contributed by atoms with van der Waals surface area (Å²) in [5.41, 5.74) is -0.0551. The quantitative estimate of drug-likeness (QED) is 0.0347. The minimum absolute atomic E-state index is 0.0551. The minimum Gasteiger partial charge on any atom is -0.479 e. The van der Waals surface area contributed by atoms with Crippen LogP contribution in [0.15, 0.2) is 30.3 Å². The predicted octanol–water partition coefficient (Wildman–Crippen LogP) is -8.27.